The van der Waals surface area contributed by atoms with Crippen molar-refractivity contribution in [1.29, 1.82) is 0 Å². The maximum Gasteiger partial charge on any atom is 0.239 e. The molecule has 0 saturated heterocycles. The lowest BCUT2D eigenvalue weighted by Gasteiger charge is -2.19. The summed E-state index contributed by atoms with van der Waals surface area (Å²) in [6.45, 7) is 10.4. The number of ether oxygens (including phenoxy) is 1. The summed E-state index contributed by atoms with van der Waals surface area (Å²) in [5.41, 5.74) is 3.09. The quantitative estimate of drug-likeness (QED) is 0.764. The van der Waals surface area contributed by atoms with Crippen molar-refractivity contribution in [2.24, 2.45) is 0 Å². The summed E-state index contributed by atoms with van der Waals surface area (Å²) in [5, 5.41) is 2.24. The molecule has 4 nitrogen and oxygen atoms in total. The third-order valence-electron chi connectivity index (χ3n) is 4.32. The van der Waals surface area contributed by atoms with Crippen LogP contribution in [0.3, 0.4) is 0 Å². The lowest BCUT2D eigenvalue weighted by molar-refractivity contribution is -0.115. The summed E-state index contributed by atoms with van der Waals surface area (Å²) in [6.07, 6.45) is 0. The minimum absolute atomic E-state index is 0.0641. The van der Waals surface area contributed by atoms with Gasteiger partial charge in [-0.1, -0.05) is 45.0 Å². The van der Waals surface area contributed by atoms with E-state index in [-0.39, 0.29) is 11.3 Å². The number of benzene rings is 2. The fourth-order valence-electron chi connectivity index (χ4n) is 2.54. The van der Waals surface area contributed by atoms with Crippen LogP contribution in [0.4, 0.5) is 5.69 Å². The molecule has 2 rings (SSSR count). The van der Waals surface area contributed by atoms with Crippen LogP contribution in [0.25, 0.3) is 0 Å². The molecule has 2 aromatic carbocycles. The van der Waals surface area contributed by atoms with Crippen LogP contribution in [0.1, 0.15) is 38.8 Å². The molecule has 0 aliphatic rings. The molecule has 5 heteroatoms. The Hall–Kier alpha value is -2.14. The monoisotopic (exact) mass is 387 g/mol. The van der Waals surface area contributed by atoms with E-state index in [1.807, 2.05) is 55.5 Å². The van der Waals surface area contributed by atoms with Gasteiger partial charge < -0.3 is 10.1 Å². The molecule has 0 spiro atoms. The van der Waals surface area contributed by atoms with Gasteiger partial charge in [-0.05, 0) is 54.7 Å². The Balaban J connectivity index is 1.84. The van der Waals surface area contributed by atoms with Gasteiger partial charge in [0.25, 0.3) is 0 Å². The SMILES string of the molecule is Cc1cccc(OCCS(=O)C(C)C(=O)Nc2ccc(C(C)(C)C)cc2)c1. The van der Waals surface area contributed by atoms with E-state index in [0.717, 1.165) is 11.3 Å². The Kier molecular flexibility index (Phi) is 7.19. The van der Waals surface area contributed by atoms with Crippen LogP contribution in [0.5, 0.6) is 5.75 Å². The highest BCUT2D eigenvalue weighted by Gasteiger charge is 2.20. The summed E-state index contributed by atoms with van der Waals surface area (Å²) >= 11 is 0. The first kappa shape index (κ1) is 21.2. The molecule has 0 heterocycles. The average Bonchev–Trinajstić information content (AvgIpc) is 2.60. The Labute approximate surface area is 164 Å². The molecule has 1 amide bonds. The van der Waals surface area contributed by atoms with E-state index >= 15 is 0 Å². The topological polar surface area (TPSA) is 55.4 Å². The van der Waals surface area contributed by atoms with E-state index in [4.69, 9.17) is 4.74 Å². The number of carbonyl (C=O) groups is 1. The number of hydrogen-bond acceptors (Lipinski definition) is 3. The summed E-state index contributed by atoms with van der Waals surface area (Å²) in [6, 6.07) is 15.5. The largest absolute Gasteiger partial charge is 0.493 e. The molecule has 2 unspecified atom stereocenters. The molecule has 0 aromatic heterocycles. The zero-order chi connectivity index (χ0) is 20.0. The Morgan fingerprint density at radius 1 is 1.15 bits per heavy atom. The van der Waals surface area contributed by atoms with Crippen LogP contribution in [-0.4, -0.2) is 27.7 Å². The minimum Gasteiger partial charge on any atom is -0.493 e. The first-order chi connectivity index (χ1) is 12.7. The molecular weight excluding hydrogens is 358 g/mol. The van der Waals surface area contributed by atoms with Crippen LogP contribution in [0, 0.1) is 6.92 Å². The first-order valence-electron chi connectivity index (χ1n) is 9.15. The normalized spacial score (nSPS) is 13.7. The molecule has 0 radical (unpaired) electrons. The average molecular weight is 388 g/mol. The van der Waals surface area contributed by atoms with E-state index in [1.165, 1.54) is 5.56 Å². The maximum absolute atomic E-state index is 12.4. The molecule has 1 N–H and O–H groups in total. The van der Waals surface area contributed by atoms with Crippen molar-refractivity contribution in [1.82, 2.24) is 0 Å². The summed E-state index contributed by atoms with van der Waals surface area (Å²) in [5.74, 6) is 0.821. The fraction of sp³-hybridized carbons (Fsp3) is 0.409. The van der Waals surface area contributed by atoms with Crippen LogP contribution >= 0.6 is 0 Å². The number of anilines is 1. The second-order valence-electron chi connectivity index (χ2n) is 7.71. The molecule has 0 bridgehead atoms. The predicted octanol–water partition coefficient (Wildman–Crippen LogP) is 4.45. The highest BCUT2D eigenvalue weighted by molar-refractivity contribution is 7.86. The molecule has 0 aliphatic carbocycles. The van der Waals surface area contributed by atoms with Crippen molar-refractivity contribution >= 4 is 22.4 Å². The van der Waals surface area contributed by atoms with Gasteiger partial charge in [-0.3, -0.25) is 9.00 Å². The van der Waals surface area contributed by atoms with Gasteiger partial charge in [0.1, 0.15) is 11.0 Å². The van der Waals surface area contributed by atoms with Gasteiger partial charge >= 0.3 is 0 Å². The fourth-order valence-corrected chi connectivity index (χ4v) is 3.44. The van der Waals surface area contributed by atoms with Crippen molar-refractivity contribution in [3.8, 4) is 5.75 Å². The zero-order valence-corrected chi connectivity index (χ0v) is 17.6. The summed E-state index contributed by atoms with van der Waals surface area (Å²) in [4.78, 5) is 12.4. The molecular formula is C22H29NO3S. The Bertz CT molecular complexity index is 794. The summed E-state index contributed by atoms with van der Waals surface area (Å²) < 4.78 is 18.0. The van der Waals surface area contributed by atoms with E-state index in [9.17, 15) is 9.00 Å². The van der Waals surface area contributed by atoms with Crippen molar-refractivity contribution in [3.63, 3.8) is 0 Å². The number of nitrogens with one attached hydrogen (secondary N) is 1. The number of hydrogen-bond donors (Lipinski definition) is 1. The van der Waals surface area contributed by atoms with E-state index in [1.54, 1.807) is 6.92 Å². The second kappa shape index (κ2) is 9.18. The third-order valence-corrected chi connectivity index (χ3v) is 5.90. The molecule has 0 saturated carbocycles. The summed E-state index contributed by atoms with van der Waals surface area (Å²) in [7, 11) is -1.30. The van der Waals surface area contributed by atoms with Gasteiger partial charge in [-0.2, -0.15) is 0 Å². The van der Waals surface area contributed by atoms with Gasteiger partial charge in [-0.15, -0.1) is 0 Å². The zero-order valence-electron chi connectivity index (χ0n) is 16.7. The predicted molar refractivity (Wildman–Crippen MR) is 113 cm³/mol. The molecule has 2 aromatic rings. The smallest absolute Gasteiger partial charge is 0.239 e. The third kappa shape index (κ3) is 6.51. The van der Waals surface area contributed by atoms with Gasteiger partial charge in [0.05, 0.1) is 12.4 Å². The minimum atomic E-state index is -1.30. The molecule has 146 valence electrons. The van der Waals surface area contributed by atoms with Gasteiger partial charge in [0.2, 0.25) is 5.91 Å². The van der Waals surface area contributed by atoms with E-state index in [2.05, 4.69) is 26.1 Å². The number of carbonyl (C=O) groups excluding carboxylic acids is 1. The highest BCUT2D eigenvalue weighted by atomic mass is 32.2. The van der Waals surface area contributed by atoms with E-state index in [0.29, 0.717) is 18.0 Å². The van der Waals surface area contributed by atoms with Crippen molar-refractivity contribution in [2.45, 2.75) is 45.3 Å². The number of amides is 1. The molecule has 2 atom stereocenters. The number of aryl methyl sites for hydroxylation is 1. The van der Waals surface area contributed by atoms with Gasteiger partial charge in [-0.25, -0.2) is 0 Å². The maximum atomic E-state index is 12.4. The van der Waals surface area contributed by atoms with Crippen molar-refractivity contribution < 1.29 is 13.7 Å². The van der Waals surface area contributed by atoms with Crippen LogP contribution < -0.4 is 10.1 Å². The Morgan fingerprint density at radius 2 is 1.81 bits per heavy atom. The van der Waals surface area contributed by atoms with Gasteiger partial charge in [0, 0.05) is 16.5 Å². The standard InChI is InChI=1S/C22H29NO3S/c1-16-7-6-8-20(15-16)26-13-14-27(25)17(2)21(24)23-19-11-9-18(10-12-19)22(3,4)5/h6-12,15,17H,13-14H2,1-5H3,(H,23,24). The molecule has 0 aliphatic heterocycles. The van der Waals surface area contributed by atoms with Crippen molar-refractivity contribution in [3.05, 3.63) is 59.7 Å². The molecule has 27 heavy (non-hydrogen) atoms. The lowest BCUT2D eigenvalue weighted by Crippen LogP contribution is -2.31. The van der Waals surface area contributed by atoms with Crippen LogP contribution in [0.15, 0.2) is 48.5 Å². The highest BCUT2D eigenvalue weighted by Crippen LogP contribution is 2.23. The Morgan fingerprint density at radius 3 is 2.41 bits per heavy atom. The number of rotatable bonds is 7. The van der Waals surface area contributed by atoms with Crippen molar-refractivity contribution in [2.75, 3.05) is 17.7 Å². The van der Waals surface area contributed by atoms with E-state index < -0.39 is 16.0 Å². The lowest BCUT2D eigenvalue weighted by atomic mass is 9.87. The molecule has 0 fully saturated rings. The second-order valence-corrected chi connectivity index (χ2v) is 9.59. The first-order valence-corrected chi connectivity index (χ1v) is 10.5. The van der Waals surface area contributed by atoms with Crippen LogP contribution in [0.2, 0.25) is 0 Å². The van der Waals surface area contributed by atoms with Gasteiger partial charge in [0.15, 0.2) is 0 Å². The van der Waals surface area contributed by atoms with Crippen LogP contribution in [-0.2, 0) is 21.0 Å².